The van der Waals surface area contributed by atoms with E-state index in [9.17, 15) is 4.79 Å². The van der Waals surface area contributed by atoms with Crippen LogP contribution in [0.25, 0.3) is 11.4 Å². The van der Waals surface area contributed by atoms with Gasteiger partial charge in [-0.1, -0.05) is 13.8 Å². The largest absolute Gasteiger partial charge is 0.394 e. The van der Waals surface area contributed by atoms with E-state index in [0.717, 1.165) is 6.42 Å². The summed E-state index contributed by atoms with van der Waals surface area (Å²) in [4.78, 5) is 23.1. The third-order valence-electron chi connectivity index (χ3n) is 2.79. The van der Waals surface area contributed by atoms with E-state index < -0.39 is 0 Å². The zero-order chi connectivity index (χ0) is 14.7. The van der Waals surface area contributed by atoms with Crippen molar-refractivity contribution in [3.8, 4) is 11.4 Å². The summed E-state index contributed by atoms with van der Waals surface area (Å²) in [6.07, 6.45) is 2.22. The van der Waals surface area contributed by atoms with Crippen molar-refractivity contribution in [3.63, 3.8) is 0 Å². The molecule has 0 unspecified atom stereocenters. The summed E-state index contributed by atoms with van der Waals surface area (Å²) in [5.74, 6) is 2.09. The van der Waals surface area contributed by atoms with Crippen LogP contribution in [-0.4, -0.2) is 36.4 Å². The highest BCUT2D eigenvalue weighted by molar-refractivity contribution is 5.52. The number of aromatic nitrogens is 5. The highest BCUT2D eigenvalue weighted by Crippen LogP contribution is 2.14. The number of aliphatic hydroxyl groups is 1. The number of nitrogens with zero attached hydrogens (tertiary/aromatic N) is 4. The predicted molar refractivity (Wildman–Crippen MR) is 74.2 cm³/mol. The van der Waals surface area contributed by atoms with Crippen molar-refractivity contribution in [3.05, 3.63) is 28.2 Å². The Kier molecular flexibility index (Phi) is 4.29. The van der Waals surface area contributed by atoms with Gasteiger partial charge in [0.25, 0.3) is 5.56 Å². The Morgan fingerprint density at radius 1 is 1.45 bits per heavy atom. The van der Waals surface area contributed by atoms with Crippen LogP contribution in [0.2, 0.25) is 0 Å². The van der Waals surface area contributed by atoms with Crippen molar-refractivity contribution in [2.45, 2.75) is 33.7 Å². The Bertz CT molecular complexity index is 644. The van der Waals surface area contributed by atoms with Crippen LogP contribution in [0.15, 0.2) is 11.0 Å². The zero-order valence-corrected chi connectivity index (χ0v) is 11.9. The molecular formula is C13H19N5O2. The molecule has 0 bridgehead atoms. The van der Waals surface area contributed by atoms with Gasteiger partial charge in [0.05, 0.1) is 13.2 Å². The first-order chi connectivity index (χ1) is 9.51. The van der Waals surface area contributed by atoms with Crippen molar-refractivity contribution < 1.29 is 5.11 Å². The van der Waals surface area contributed by atoms with E-state index in [1.54, 1.807) is 11.6 Å². The Morgan fingerprint density at radius 3 is 2.80 bits per heavy atom. The molecule has 0 aliphatic heterocycles. The van der Waals surface area contributed by atoms with Crippen LogP contribution in [-0.2, 0) is 13.0 Å². The van der Waals surface area contributed by atoms with E-state index in [4.69, 9.17) is 5.11 Å². The fourth-order valence-electron chi connectivity index (χ4n) is 1.93. The molecule has 0 saturated heterocycles. The number of aryl methyl sites for hydroxylation is 1. The summed E-state index contributed by atoms with van der Waals surface area (Å²) >= 11 is 0. The van der Waals surface area contributed by atoms with Crippen LogP contribution in [0.3, 0.4) is 0 Å². The van der Waals surface area contributed by atoms with Crippen LogP contribution in [0.4, 0.5) is 0 Å². The second-order valence-corrected chi connectivity index (χ2v) is 5.11. The molecule has 0 saturated carbocycles. The lowest BCUT2D eigenvalue weighted by atomic mass is 10.1. The maximum Gasteiger partial charge on any atom is 0.261 e. The molecule has 0 aliphatic rings. The molecule has 0 fully saturated rings. The van der Waals surface area contributed by atoms with Gasteiger partial charge in [-0.25, -0.2) is 14.6 Å². The summed E-state index contributed by atoms with van der Waals surface area (Å²) < 4.78 is 1.55. The average molecular weight is 277 g/mol. The smallest absolute Gasteiger partial charge is 0.261 e. The number of aliphatic hydroxyl groups excluding tert-OH is 1. The molecule has 0 aliphatic carbocycles. The summed E-state index contributed by atoms with van der Waals surface area (Å²) in [6.45, 7) is 6.11. The van der Waals surface area contributed by atoms with Crippen molar-refractivity contribution in [1.29, 1.82) is 0 Å². The fourth-order valence-corrected chi connectivity index (χ4v) is 1.93. The first-order valence-electron chi connectivity index (χ1n) is 6.62. The van der Waals surface area contributed by atoms with Gasteiger partial charge in [0.2, 0.25) is 0 Å². The van der Waals surface area contributed by atoms with Crippen molar-refractivity contribution in [2.75, 3.05) is 6.61 Å². The van der Waals surface area contributed by atoms with Gasteiger partial charge in [-0.3, -0.25) is 4.79 Å². The summed E-state index contributed by atoms with van der Waals surface area (Å²) in [7, 11) is 0. The van der Waals surface area contributed by atoms with Crippen molar-refractivity contribution in [1.82, 2.24) is 24.7 Å². The van der Waals surface area contributed by atoms with E-state index in [1.165, 1.54) is 6.20 Å². The maximum absolute atomic E-state index is 12.0. The lowest BCUT2D eigenvalue weighted by Gasteiger charge is -2.02. The molecule has 7 heteroatoms. The Balaban J connectivity index is 2.48. The third-order valence-corrected chi connectivity index (χ3v) is 2.79. The lowest BCUT2D eigenvalue weighted by molar-refractivity contribution is 0.269. The second kappa shape index (κ2) is 5.96. The fraction of sp³-hybridized carbons (Fsp3) is 0.538. The molecule has 0 radical (unpaired) electrons. The van der Waals surface area contributed by atoms with Gasteiger partial charge in [-0.2, -0.15) is 5.10 Å². The van der Waals surface area contributed by atoms with Gasteiger partial charge in [0, 0.05) is 12.6 Å². The summed E-state index contributed by atoms with van der Waals surface area (Å²) in [5.41, 5.74) is 0.117. The second-order valence-electron chi connectivity index (χ2n) is 5.11. The van der Waals surface area contributed by atoms with E-state index in [-0.39, 0.29) is 12.2 Å². The minimum absolute atomic E-state index is 0.0608. The first kappa shape index (κ1) is 14.4. The van der Waals surface area contributed by atoms with Crippen LogP contribution < -0.4 is 5.56 Å². The molecule has 2 aromatic heterocycles. The quantitative estimate of drug-likeness (QED) is 0.831. The van der Waals surface area contributed by atoms with Gasteiger partial charge in [-0.05, 0) is 12.8 Å². The van der Waals surface area contributed by atoms with Crippen LogP contribution in [0.1, 0.15) is 25.5 Å². The SMILES string of the molecule is Cc1ncc(-c2nc(CC(C)C)nn2CCO)c(=O)[nH]1. The van der Waals surface area contributed by atoms with E-state index in [1.807, 2.05) is 0 Å². The molecule has 0 spiro atoms. The van der Waals surface area contributed by atoms with Crippen molar-refractivity contribution >= 4 is 0 Å². The highest BCUT2D eigenvalue weighted by atomic mass is 16.3. The molecule has 7 nitrogen and oxygen atoms in total. The summed E-state index contributed by atoms with van der Waals surface area (Å²) in [6, 6.07) is 0. The predicted octanol–water partition coefficient (Wildman–Crippen LogP) is 0.528. The number of hydrogen-bond acceptors (Lipinski definition) is 5. The number of aromatic amines is 1. The van der Waals surface area contributed by atoms with Gasteiger partial charge in [0.1, 0.15) is 11.4 Å². The number of rotatable bonds is 5. The molecule has 2 heterocycles. The molecular weight excluding hydrogens is 258 g/mol. The standard InChI is InChI=1S/C13H19N5O2/c1-8(2)6-11-16-12(18(17-11)4-5-19)10-7-14-9(3)15-13(10)20/h7-8,19H,4-6H2,1-3H3,(H,14,15,20). The monoisotopic (exact) mass is 277 g/mol. The number of hydrogen-bond donors (Lipinski definition) is 2. The van der Waals surface area contributed by atoms with E-state index in [2.05, 4.69) is 33.9 Å². The minimum atomic E-state index is -0.250. The topological polar surface area (TPSA) is 96.7 Å². The number of H-pyrrole nitrogens is 1. The average Bonchev–Trinajstić information content (AvgIpc) is 2.71. The minimum Gasteiger partial charge on any atom is -0.394 e. The Labute approximate surface area is 116 Å². The van der Waals surface area contributed by atoms with E-state index >= 15 is 0 Å². The molecule has 0 atom stereocenters. The third kappa shape index (κ3) is 3.11. The van der Waals surface area contributed by atoms with Gasteiger partial charge in [-0.15, -0.1) is 0 Å². The maximum atomic E-state index is 12.0. The molecule has 20 heavy (non-hydrogen) atoms. The van der Waals surface area contributed by atoms with Crippen LogP contribution in [0, 0.1) is 12.8 Å². The molecule has 108 valence electrons. The normalized spacial score (nSPS) is 11.2. The van der Waals surface area contributed by atoms with Crippen LogP contribution >= 0.6 is 0 Å². The lowest BCUT2D eigenvalue weighted by Crippen LogP contribution is -2.15. The van der Waals surface area contributed by atoms with Crippen molar-refractivity contribution in [2.24, 2.45) is 5.92 Å². The Morgan fingerprint density at radius 2 is 2.20 bits per heavy atom. The van der Waals surface area contributed by atoms with Gasteiger partial charge >= 0.3 is 0 Å². The zero-order valence-electron chi connectivity index (χ0n) is 11.9. The molecule has 2 aromatic rings. The first-order valence-corrected chi connectivity index (χ1v) is 6.62. The number of nitrogens with one attached hydrogen (secondary N) is 1. The Hall–Kier alpha value is -2.02. The molecule has 0 aromatic carbocycles. The molecule has 2 rings (SSSR count). The van der Waals surface area contributed by atoms with Crippen LogP contribution in [0.5, 0.6) is 0 Å². The highest BCUT2D eigenvalue weighted by Gasteiger charge is 2.16. The summed E-state index contributed by atoms with van der Waals surface area (Å²) in [5, 5.41) is 13.5. The molecule has 0 amide bonds. The van der Waals surface area contributed by atoms with Gasteiger partial charge in [0.15, 0.2) is 11.6 Å². The molecule has 2 N–H and O–H groups in total. The van der Waals surface area contributed by atoms with Gasteiger partial charge < -0.3 is 10.1 Å². The van der Waals surface area contributed by atoms with E-state index in [0.29, 0.717) is 35.5 Å².